The molecule has 1 unspecified atom stereocenters. The molecule has 0 heterocycles. The fraction of sp³-hybridized carbons (Fsp3) is 0.441. The van der Waals surface area contributed by atoms with Crippen molar-refractivity contribution < 1.29 is 38.0 Å². The van der Waals surface area contributed by atoms with Gasteiger partial charge in [-0.3, -0.25) is 0 Å². The van der Waals surface area contributed by atoms with Gasteiger partial charge in [-0.15, -0.1) is 0 Å². The molecule has 0 amide bonds. The number of aryl methyl sites for hydroxylation is 1. The van der Waals surface area contributed by atoms with Crippen LogP contribution in [0.3, 0.4) is 0 Å². The van der Waals surface area contributed by atoms with Crippen LogP contribution in [-0.4, -0.2) is 60.8 Å². The van der Waals surface area contributed by atoms with E-state index in [4.69, 9.17) is 9.84 Å². The Kier molecular flexibility index (Phi) is 17.2. The molecule has 2 aromatic rings. The number of benzene rings is 2. The van der Waals surface area contributed by atoms with Crippen molar-refractivity contribution in [3.05, 3.63) is 101 Å². The van der Waals surface area contributed by atoms with Gasteiger partial charge in [0.25, 0.3) is 0 Å². The Morgan fingerprint density at radius 3 is 2.33 bits per heavy atom. The van der Waals surface area contributed by atoms with Crippen LogP contribution >= 0.6 is 0 Å². The highest BCUT2D eigenvalue weighted by Gasteiger charge is 2.28. The maximum Gasteiger partial charge on any atom is 0.328 e. The fourth-order valence-corrected chi connectivity index (χ4v) is 4.60. The topological polar surface area (TPSA) is 99.0 Å². The van der Waals surface area contributed by atoms with Crippen molar-refractivity contribution in [3.8, 4) is 0 Å². The number of aliphatic carboxylic acids is 1. The van der Waals surface area contributed by atoms with Crippen LogP contribution in [0.25, 0.3) is 6.08 Å². The molecule has 0 fully saturated rings. The van der Waals surface area contributed by atoms with Crippen LogP contribution in [0.5, 0.6) is 0 Å². The van der Waals surface area contributed by atoms with Gasteiger partial charge in [0.2, 0.25) is 0 Å². The lowest BCUT2D eigenvalue weighted by atomic mass is 9.79. The average molecular weight is 604 g/mol. The van der Waals surface area contributed by atoms with E-state index in [0.717, 1.165) is 70.1 Å². The first-order chi connectivity index (χ1) is 20.8. The number of aliphatic hydroxyl groups excluding tert-OH is 2. The predicted molar refractivity (Wildman–Crippen MR) is 163 cm³/mol. The molecule has 0 aromatic heterocycles. The molecule has 236 valence electrons. The Morgan fingerprint density at radius 2 is 1.63 bits per heavy atom. The van der Waals surface area contributed by atoms with Gasteiger partial charge in [0.1, 0.15) is 5.82 Å². The van der Waals surface area contributed by atoms with E-state index in [1.807, 2.05) is 12.2 Å². The van der Waals surface area contributed by atoms with Crippen molar-refractivity contribution in [2.75, 3.05) is 39.5 Å². The lowest BCUT2D eigenvalue weighted by molar-refractivity contribution is -0.131. The summed E-state index contributed by atoms with van der Waals surface area (Å²) in [5, 5.41) is 30.8. The second-order valence-corrected chi connectivity index (χ2v) is 10.6. The minimum Gasteiger partial charge on any atom is -0.478 e. The lowest BCUT2D eigenvalue weighted by Crippen LogP contribution is -2.37. The number of unbranched alkanes of at least 4 members (excludes halogenated alkanes) is 4. The first-order valence-corrected chi connectivity index (χ1v) is 14.8. The number of aliphatic hydroxyl groups is 2. The number of ether oxygens (including phenoxy) is 1. The van der Waals surface area contributed by atoms with Crippen LogP contribution in [0.15, 0.2) is 72.3 Å². The third-order valence-corrected chi connectivity index (χ3v) is 7.04. The summed E-state index contributed by atoms with van der Waals surface area (Å²) in [5.41, 5.74) is 1.83. The summed E-state index contributed by atoms with van der Waals surface area (Å²) in [6.45, 7) is 3.64. The third kappa shape index (κ3) is 14.7. The molecule has 43 heavy (non-hydrogen) atoms. The number of hydrogen-bond donors (Lipinski definition) is 4. The maximum absolute atomic E-state index is 12.8. The van der Waals surface area contributed by atoms with Gasteiger partial charge in [-0.1, -0.05) is 61.4 Å². The van der Waals surface area contributed by atoms with Crippen LogP contribution in [0.1, 0.15) is 56.1 Å². The van der Waals surface area contributed by atoms with E-state index in [-0.39, 0.29) is 24.2 Å². The van der Waals surface area contributed by atoms with Gasteiger partial charge in [0, 0.05) is 42.9 Å². The number of rotatable bonds is 18. The first-order valence-electron chi connectivity index (χ1n) is 14.8. The predicted octanol–water partition coefficient (Wildman–Crippen LogP) is 6.23. The van der Waals surface area contributed by atoms with Gasteiger partial charge in [-0.05, 0) is 68.3 Å². The second-order valence-electron chi connectivity index (χ2n) is 10.6. The molecule has 1 atom stereocenters. The van der Waals surface area contributed by atoms with Crippen LogP contribution in [0, 0.1) is 22.9 Å². The summed E-state index contributed by atoms with van der Waals surface area (Å²) in [6.07, 6.45) is 16.3. The Labute approximate surface area is 252 Å². The molecule has 0 spiro atoms. The molecule has 9 heteroatoms. The van der Waals surface area contributed by atoms with Crippen molar-refractivity contribution >= 4 is 12.0 Å². The summed E-state index contributed by atoms with van der Waals surface area (Å²) < 4.78 is 43.5. The molecule has 1 aliphatic rings. The monoisotopic (exact) mass is 603 g/mol. The van der Waals surface area contributed by atoms with E-state index in [2.05, 4.69) is 41.7 Å². The van der Waals surface area contributed by atoms with Crippen molar-refractivity contribution in [1.82, 2.24) is 5.32 Å². The number of allylic oxidation sites excluding steroid dienone is 2. The number of carbonyl (C=O) groups is 1. The summed E-state index contributed by atoms with van der Waals surface area (Å²) >= 11 is 0. The van der Waals surface area contributed by atoms with Crippen LogP contribution in [-0.2, 0) is 16.0 Å². The number of nitrogens with one attached hydrogen (secondary N) is 1. The maximum atomic E-state index is 12.8. The number of carboxylic acid groups (broad SMARTS) is 1. The van der Waals surface area contributed by atoms with Gasteiger partial charge in [0.05, 0.1) is 13.2 Å². The zero-order valence-corrected chi connectivity index (χ0v) is 24.6. The highest BCUT2D eigenvalue weighted by molar-refractivity contribution is 5.85. The molecular formula is C34H44F3NO5. The van der Waals surface area contributed by atoms with Gasteiger partial charge >= 0.3 is 5.97 Å². The summed E-state index contributed by atoms with van der Waals surface area (Å²) in [4.78, 5) is 10.1. The van der Waals surface area contributed by atoms with E-state index in [1.165, 1.54) is 24.8 Å². The molecule has 3 rings (SSSR count). The molecule has 1 aliphatic carbocycles. The van der Waals surface area contributed by atoms with Gasteiger partial charge in [0.15, 0.2) is 11.6 Å². The van der Waals surface area contributed by atoms with Crippen molar-refractivity contribution in [2.45, 2.75) is 51.4 Å². The molecule has 4 N–H and O–H groups in total. The van der Waals surface area contributed by atoms with Crippen molar-refractivity contribution in [2.24, 2.45) is 5.41 Å². The zero-order chi connectivity index (χ0) is 31.3. The van der Waals surface area contributed by atoms with E-state index < -0.39 is 23.4 Å². The van der Waals surface area contributed by atoms with E-state index in [0.29, 0.717) is 18.2 Å². The van der Waals surface area contributed by atoms with Crippen LogP contribution in [0.4, 0.5) is 13.2 Å². The lowest BCUT2D eigenvalue weighted by Gasteiger charge is -2.32. The molecular weight excluding hydrogens is 559 g/mol. The van der Waals surface area contributed by atoms with Crippen molar-refractivity contribution in [1.29, 1.82) is 0 Å². The van der Waals surface area contributed by atoms with E-state index >= 15 is 0 Å². The van der Waals surface area contributed by atoms with Gasteiger partial charge in [-0.25, -0.2) is 18.0 Å². The molecule has 0 aliphatic heterocycles. The highest BCUT2D eigenvalue weighted by Crippen LogP contribution is 2.30. The SMILES string of the molecule is O=C(O)C=Cc1cc(F)c(F)cc1F.OCC1=CC=CC(CO)(CNCCCCCCOCCCCc2ccccc2)C1. The minimum absolute atomic E-state index is 0.0706. The summed E-state index contributed by atoms with van der Waals surface area (Å²) in [6, 6.07) is 11.6. The number of hydrogen-bond acceptors (Lipinski definition) is 5. The highest BCUT2D eigenvalue weighted by atomic mass is 19.2. The average Bonchev–Trinajstić information content (AvgIpc) is 3.01. The summed E-state index contributed by atoms with van der Waals surface area (Å²) in [7, 11) is 0. The quantitative estimate of drug-likeness (QED) is 0.0916. The summed E-state index contributed by atoms with van der Waals surface area (Å²) in [5.74, 6) is -4.85. The Bertz CT molecular complexity index is 1190. The normalized spacial score (nSPS) is 16.2. The van der Waals surface area contributed by atoms with Crippen LogP contribution in [0.2, 0.25) is 0 Å². The zero-order valence-electron chi connectivity index (χ0n) is 24.6. The van der Waals surface area contributed by atoms with Crippen LogP contribution < -0.4 is 5.32 Å². The number of halogens is 3. The Morgan fingerprint density at radius 1 is 0.930 bits per heavy atom. The smallest absolute Gasteiger partial charge is 0.328 e. The molecule has 0 saturated carbocycles. The molecule has 0 saturated heterocycles. The molecule has 0 bridgehead atoms. The Hall–Kier alpha value is -3.24. The molecule has 6 nitrogen and oxygen atoms in total. The first kappa shape index (κ1) is 36.0. The molecule has 0 radical (unpaired) electrons. The largest absolute Gasteiger partial charge is 0.478 e. The standard InChI is InChI=1S/C25H39NO3.C9H5F3O2/c27-20-24-14-10-15-25(19-24,22-28)21-26-16-7-1-2-8-17-29-18-9-6-13-23-11-4-3-5-12-23;10-6-4-8(12)7(11)3-5(6)1-2-9(13)14/h3-5,10-12,14-15,26-28H,1-2,6-9,13,16-22H2;1-4H,(H,13,14). The second kappa shape index (κ2) is 20.6. The van der Waals surface area contributed by atoms with Gasteiger partial charge in [-0.2, -0.15) is 0 Å². The Balaban J connectivity index is 0.000000385. The van der Waals surface area contributed by atoms with Crippen molar-refractivity contribution in [3.63, 3.8) is 0 Å². The van der Waals surface area contributed by atoms with E-state index in [1.54, 1.807) is 0 Å². The molecule has 2 aromatic carbocycles. The van der Waals surface area contributed by atoms with Gasteiger partial charge < -0.3 is 25.4 Å². The fourth-order valence-electron chi connectivity index (χ4n) is 4.60. The minimum atomic E-state index is -1.31. The third-order valence-electron chi connectivity index (χ3n) is 7.04. The van der Waals surface area contributed by atoms with E-state index in [9.17, 15) is 28.2 Å². The number of carboxylic acids is 1.